The predicted octanol–water partition coefficient (Wildman–Crippen LogP) is 4.70. The van der Waals surface area contributed by atoms with Gasteiger partial charge in [-0.2, -0.15) is 15.3 Å². The van der Waals surface area contributed by atoms with Crippen molar-refractivity contribution >= 4 is 39.9 Å². The summed E-state index contributed by atoms with van der Waals surface area (Å²) in [6.45, 7) is 1.92. The molecule has 2 heterocycles. The van der Waals surface area contributed by atoms with Gasteiger partial charge in [-0.25, -0.2) is 4.98 Å². The molecular weight excluding hydrogens is 567 g/mol. The molecule has 0 aliphatic carbocycles. The van der Waals surface area contributed by atoms with Gasteiger partial charge >= 0.3 is 0 Å². The summed E-state index contributed by atoms with van der Waals surface area (Å²) in [5, 5.41) is 23.4. The van der Waals surface area contributed by atoms with E-state index in [0.29, 0.717) is 23.3 Å². The first kappa shape index (κ1) is 20.1. The second kappa shape index (κ2) is 8.56. The summed E-state index contributed by atoms with van der Waals surface area (Å²) in [6.07, 6.45) is 0. The molecule has 0 spiro atoms. The van der Waals surface area contributed by atoms with Crippen LogP contribution in [0, 0.1) is 62.3 Å². The molecule has 135 valence electrons. The van der Waals surface area contributed by atoms with Crippen LogP contribution in [0.5, 0.6) is 0 Å². The molecule has 1 radical (unpaired) electrons. The minimum absolute atomic E-state index is 0. The predicted molar refractivity (Wildman–Crippen MR) is 105 cm³/mol. The van der Waals surface area contributed by atoms with E-state index >= 15 is 0 Å². The number of para-hydroxylation sites is 1. The summed E-state index contributed by atoms with van der Waals surface area (Å²) in [5.41, 5.74) is 10.5. The molecule has 4 rings (SSSR count). The van der Waals surface area contributed by atoms with Gasteiger partial charge in [-0.15, -0.1) is 5.69 Å². The average molecular weight is 582 g/mol. The van der Waals surface area contributed by atoms with Crippen molar-refractivity contribution in [2.45, 2.75) is 6.92 Å². The Hall–Kier alpha value is -2.68. The first-order valence-electron chi connectivity index (χ1n) is 8.21. The van der Waals surface area contributed by atoms with Crippen molar-refractivity contribution in [2.24, 2.45) is 0 Å². The largest absolute Gasteiger partial charge is 0.698 e. The zero-order valence-electron chi connectivity index (χ0n) is 15.0. The molecule has 0 bridgehead atoms. The molecule has 0 saturated heterocycles. The number of aromatic amines is 1. The zero-order valence-corrected chi connectivity index (χ0v) is 19.7. The maximum absolute atomic E-state index is 9.11. The number of aryl methyl sites for hydroxylation is 1. The van der Waals surface area contributed by atoms with Gasteiger partial charge < -0.3 is 16.4 Å². The van der Waals surface area contributed by atoms with Gasteiger partial charge in [-0.05, 0) is 31.2 Å². The summed E-state index contributed by atoms with van der Waals surface area (Å²) in [5.74, 6) is 1.66. The van der Waals surface area contributed by atoms with E-state index in [1.807, 2.05) is 43.3 Å². The van der Waals surface area contributed by atoms with Crippen molar-refractivity contribution in [1.82, 2.24) is 20.2 Å². The van der Waals surface area contributed by atoms with Crippen LogP contribution in [0.25, 0.3) is 16.6 Å². The Bertz CT molecular complexity index is 1180. The van der Waals surface area contributed by atoms with Gasteiger partial charge in [0.05, 0.1) is 11.6 Å². The van der Waals surface area contributed by atoms with Gasteiger partial charge in [0, 0.05) is 72.5 Å². The minimum atomic E-state index is 0. The topological polar surface area (TPSA) is 126 Å². The number of anilines is 4. The number of benzene rings is 2. The molecule has 9 heteroatoms. The molecule has 4 N–H and O–H groups in total. The molecule has 2 aromatic carbocycles. The number of H-pyrrole nitrogens is 1. The number of hydrogen-bond acceptors (Lipinski definition) is 6. The number of nitrogens with zero attached hydrogens (tertiary/aromatic N) is 4. The van der Waals surface area contributed by atoms with Gasteiger partial charge in [0.15, 0.2) is 5.82 Å². The fourth-order valence-electron chi connectivity index (χ4n) is 2.67. The van der Waals surface area contributed by atoms with Crippen LogP contribution < -0.4 is 10.6 Å². The van der Waals surface area contributed by atoms with Crippen LogP contribution in [0.3, 0.4) is 0 Å². The van der Waals surface area contributed by atoms with Crippen molar-refractivity contribution in [3.63, 3.8) is 0 Å². The van der Waals surface area contributed by atoms with Crippen LogP contribution in [-0.2, 0) is 0 Å². The smallest absolute Gasteiger partial charge is 0.229 e. The van der Waals surface area contributed by atoms with Gasteiger partial charge in [-0.1, -0.05) is 18.2 Å². The second-order valence-corrected chi connectivity index (χ2v) is 5.97. The standard InChI is InChI=1S/C19H15N8.Ac/c1-11-8-17(27-26-11)24-18-14-4-2-3-5-16(14)23-19(25-18)22-13-6-7-15(21)12(9-13)10-20;/h2-9,21H,1H3,(H3,22,23,24,25,26,27);/q-1;. The summed E-state index contributed by atoms with van der Waals surface area (Å²) < 4.78 is 0. The third kappa shape index (κ3) is 4.24. The van der Waals surface area contributed by atoms with Crippen LogP contribution in [0.2, 0.25) is 0 Å². The van der Waals surface area contributed by atoms with E-state index in [2.05, 4.69) is 30.8 Å². The maximum atomic E-state index is 9.11. The normalized spacial score (nSPS) is 10.1. The van der Waals surface area contributed by atoms with Gasteiger partial charge in [0.1, 0.15) is 5.82 Å². The fraction of sp³-hybridized carbons (Fsp3) is 0.0526. The molecule has 8 nitrogen and oxygen atoms in total. The van der Waals surface area contributed by atoms with E-state index in [9.17, 15) is 0 Å². The van der Waals surface area contributed by atoms with Crippen molar-refractivity contribution in [1.29, 1.82) is 5.26 Å². The number of nitrogens with one attached hydrogen (secondary N) is 4. The number of hydrogen-bond donors (Lipinski definition) is 3. The van der Waals surface area contributed by atoms with Gasteiger partial charge in [-0.3, -0.25) is 5.10 Å². The second-order valence-electron chi connectivity index (χ2n) is 5.97. The van der Waals surface area contributed by atoms with Crippen LogP contribution in [-0.4, -0.2) is 20.2 Å². The molecular formula is C19H15AcN8-. The van der Waals surface area contributed by atoms with E-state index in [4.69, 9.17) is 11.0 Å². The molecule has 0 aliphatic heterocycles. The molecule has 0 unspecified atom stereocenters. The molecule has 2 aromatic heterocycles. The number of aromatic nitrogens is 4. The quantitative estimate of drug-likeness (QED) is 0.320. The Morgan fingerprint density at radius 1 is 1.07 bits per heavy atom. The molecule has 4 aromatic rings. The van der Waals surface area contributed by atoms with Crippen molar-refractivity contribution in [3.05, 3.63) is 65.5 Å². The molecule has 28 heavy (non-hydrogen) atoms. The average Bonchev–Trinajstić information content (AvgIpc) is 3.08. The zero-order chi connectivity index (χ0) is 18.8. The summed E-state index contributed by atoms with van der Waals surface area (Å²) in [7, 11) is 0. The summed E-state index contributed by atoms with van der Waals surface area (Å²) in [4.78, 5) is 9.10. The molecule has 0 aliphatic rings. The van der Waals surface area contributed by atoms with E-state index in [-0.39, 0.29) is 55.3 Å². The third-order valence-electron chi connectivity index (χ3n) is 3.95. The van der Waals surface area contributed by atoms with Crippen LogP contribution in [0.1, 0.15) is 11.3 Å². The number of nitriles is 1. The molecule has 0 saturated carbocycles. The van der Waals surface area contributed by atoms with Crippen molar-refractivity contribution in [2.75, 3.05) is 10.6 Å². The Morgan fingerprint density at radius 3 is 2.64 bits per heavy atom. The van der Waals surface area contributed by atoms with Gasteiger partial charge in [0.25, 0.3) is 0 Å². The number of fused-ring (bicyclic) bond motifs is 1. The SMILES string of the molecule is Cc1cc(Nc2nc(Nc3ccc([NH-])c(C#N)c3)nc3ccccc23)n[nH]1.[Ac]. The van der Waals surface area contributed by atoms with Crippen molar-refractivity contribution in [3.8, 4) is 6.07 Å². The first-order chi connectivity index (χ1) is 13.1. The Kier molecular flexibility index (Phi) is 6.13. The van der Waals surface area contributed by atoms with E-state index in [1.165, 1.54) is 0 Å². The first-order valence-corrected chi connectivity index (χ1v) is 8.21. The van der Waals surface area contributed by atoms with Crippen LogP contribution in [0.15, 0.2) is 48.5 Å². The third-order valence-corrected chi connectivity index (χ3v) is 3.95. The number of rotatable bonds is 4. The van der Waals surface area contributed by atoms with E-state index < -0.39 is 0 Å². The molecule has 0 atom stereocenters. The van der Waals surface area contributed by atoms with Crippen LogP contribution >= 0.6 is 0 Å². The van der Waals surface area contributed by atoms with Crippen LogP contribution in [0.4, 0.5) is 29.0 Å². The Labute approximate surface area is 197 Å². The van der Waals surface area contributed by atoms with E-state index in [0.717, 1.165) is 16.6 Å². The van der Waals surface area contributed by atoms with Gasteiger partial charge in [0.2, 0.25) is 5.95 Å². The monoisotopic (exact) mass is 582 g/mol. The minimum Gasteiger partial charge on any atom is -0.698 e. The summed E-state index contributed by atoms with van der Waals surface area (Å²) in [6, 6.07) is 16.4. The Morgan fingerprint density at radius 2 is 1.89 bits per heavy atom. The van der Waals surface area contributed by atoms with E-state index in [1.54, 1.807) is 18.2 Å². The fourth-order valence-corrected chi connectivity index (χ4v) is 2.67. The summed E-state index contributed by atoms with van der Waals surface area (Å²) >= 11 is 0. The Balaban J connectivity index is 0.00000225. The van der Waals surface area contributed by atoms with Crippen molar-refractivity contribution < 1.29 is 44.1 Å². The molecule has 0 fully saturated rings. The molecule has 0 amide bonds. The maximum Gasteiger partial charge on any atom is 0.229 e.